The Morgan fingerprint density at radius 3 is 3.00 bits per heavy atom. The van der Waals surface area contributed by atoms with E-state index < -0.39 is 0 Å². The van der Waals surface area contributed by atoms with Gasteiger partial charge in [0.1, 0.15) is 0 Å². The van der Waals surface area contributed by atoms with E-state index in [4.69, 9.17) is 4.74 Å². The Hall–Kier alpha value is -0.830. The second kappa shape index (κ2) is 5.00. The topological polar surface area (TPSA) is 29.5 Å². The zero-order valence-electron chi connectivity index (χ0n) is 10.2. The molecule has 0 aromatic heterocycles. The van der Waals surface area contributed by atoms with Gasteiger partial charge in [0.05, 0.1) is 18.8 Å². The van der Waals surface area contributed by atoms with Crippen LogP contribution in [0.3, 0.4) is 0 Å². The van der Waals surface area contributed by atoms with Crippen molar-refractivity contribution in [2.45, 2.75) is 45.3 Å². The molecule has 1 aliphatic heterocycles. The van der Waals surface area contributed by atoms with E-state index in [0.717, 1.165) is 19.4 Å². The zero-order valence-corrected chi connectivity index (χ0v) is 10.2. The smallest absolute Gasteiger partial charge is 0.223 e. The van der Waals surface area contributed by atoms with Gasteiger partial charge in [-0.25, -0.2) is 0 Å². The standard InChI is InChI=1S/C13H21NO2/c1-10-9-16-11(2)8-14(10)13(15)7-12-5-3-4-6-12/h3,5,10-12H,4,6-9H2,1-2H3/t10-,11+,12-/m0/s1. The molecule has 0 aromatic carbocycles. The number of allylic oxidation sites excluding steroid dienone is 2. The van der Waals surface area contributed by atoms with Gasteiger partial charge in [-0.3, -0.25) is 4.79 Å². The van der Waals surface area contributed by atoms with Crippen LogP contribution in [0.2, 0.25) is 0 Å². The Bertz CT molecular complexity index is 288. The Balaban J connectivity index is 1.89. The van der Waals surface area contributed by atoms with Crippen molar-refractivity contribution >= 4 is 5.91 Å². The average molecular weight is 223 g/mol. The molecule has 0 unspecified atom stereocenters. The maximum absolute atomic E-state index is 12.1. The first-order valence-electron chi connectivity index (χ1n) is 6.24. The molecule has 3 atom stereocenters. The van der Waals surface area contributed by atoms with Gasteiger partial charge in [0.15, 0.2) is 0 Å². The van der Waals surface area contributed by atoms with E-state index in [1.807, 2.05) is 11.8 Å². The molecule has 0 N–H and O–H groups in total. The Kier molecular flexibility index (Phi) is 3.64. The van der Waals surface area contributed by atoms with Gasteiger partial charge in [0, 0.05) is 13.0 Å². The summed E-state index contributed by atoms with van der Waals surface area (Å²) in [6.45, 7) is 5.51. The molecule has 0 radical (unpaired) electrons. The fourth-order valence-corrected chi connectivity index (χ4v) is 2.46. The SMILES string of the molecule is C[C@@H]1CN(C(=O)C[C@H]2C=CCC2)[C@@H](C)CO1. The molecule has 0 spiro atoms. The quantitative estimate of drug-likeness (QED) is 0.670. The highest BCUT2D eigenvalue weighted by molar-refractivity contribution is 5.77. The molecular formula is C13H21NO2. The molecule has 1 saturated heterocycles. The van der Waals surface area contributed by atoms with Gasteiger partial charge in [-0.1, -0.05) is 12.2 Å². The van der Waals surface area contributed by atoms with Crippen LogP contribution in [-0.2, 0) is 9.53 Å². The van der Waals surface area contributed by atoms with Crippen molar-refractivity contribution in [1.82, 2.24) is 4.90 Å². The third-order valence-electron chi connectivity index (χ3n) is 3.48. The van der Waals surface area contributed by atoms with E-state index in [1.165, 1.54) is 0 Å². The first-order valence-corrected chi connectivity index (χ1v) is 6.24. The first-order chi connectivity index (χ1) is 7.66. The summed E-state index contributed by atoms with van der Waals surface area (Å²) in [6, 6.07) is 0.231. The molecule has 0 aromatic rings. The van der Waals surface area contributed by atoms with Gasteiger partial charge in [0.25, 0.3) is 0 Å². The summed E-state index contributed by atoms with van der Waals surface area (Å²) in [4.78, 5) is 14.1. The molecule has 0 bridgehead atoms. The van der Waals surface area contributed by atoms with E-state index in [0.29, 0.717) is 24.9 Å². The number of morpholine rings is 1. The first kappa shape index (κ1) is 11.6. The van der Waals surface area contributed by atoms with Crippen LogP contribution in [0.15, 0.2) is 12.2 Å². The van der Waals surface area contributed by atoms with E-state index in [1.54, 1.807) is 0 Å². The van der Waals surface area contributed by atoms with E-state index in [9.17, 15) is 4.79 Å². The minimum Gasteiger partial charge on any atom is -0.375 e. The van der Waals surface area contributed by atoms with Crippen LogP contribution in [0.4, 0.5) is 0 Å². The second-order valence-corrected chi connectivity index (χ2v) is 5.01. The zero-order chi connectivity index (χ0) is 11.5. The molecule has 3 nitrogen and oxygen atoms in total. The minimum atomic E-state index is 0.180. The Morgan fingerprint density at radius 1 is 1.50 bits per heavy atom. The van der Waals surface area contributed by atoms with E-state index in [2.05, 4.69) is 19.1 Å². The highest BCUT2D eigenvalue weighted by Crippen LogP contribution is 2.22. The lowest BCUT2D eigenvalue weighted by Crippen LogP contribution is -2.50. The van der Waals surface area contributed by atoms with Crippen molar-refractivity contribution in [2.75, 3.05) is 13.2 Å². The molecule has 16 heavy (non-hydrogen) atoms. The molecule has 1 aliphatic carbocycles. The molecule has 2 rings (SSSR count). The summed E-state index contributed by atoms with van der Waals surface area (Å²) < 4.78 is 5.53. The third-order valence-corrected chi connectivity index (χ3v) is 3.48. The molecule has 1 amide bonds. The van der Waals surface area contributed by atoms with Crippen molar-refractivity contribution in [3.8, 4) is 0 Å². The normalized spacial score (nSPS) is 34.4. The molecule has 1 heterocycles. The van der Waals surface area contributed by atoms with E-state index in [-0.39, 0.29) is 12.1 Å². The molecule has 1 fully saturated rings. The number of hydrogen-bond donors (Lipinski definition) is 0. The molecule has 3 heteroatoms. The van der Waals surface area contributed by atoms with Gasteiger partial charge in [0.2, 0.25) is 5.91 Å². The second-order valence-electron chi connectivity index (χ2n) is 5.01. The number of amides is 1. The summed E-state index contributed by atoms with van der Waals surface area (Å²) >= 11 is 0. The van der Waals surface area contributed by atoms with Crippen LogP contribution in [0.25, 0.3) is 0 Å². The fourth-order valence-electron chi connectivity index (χ4n) is 2.46. The summed E-state index contributed by atoms with van der Waals surface area (Å²) in [6.07, 6.45) is 7.50. The lowest BCUT2D eigenvalue weighted by Gasteiger charge is -2.37. The van der Waals surface area contributed by atoms with Crippen molar-refractivity contribution in [2.24, 2.45) is 5.92 Å². The summed E-state index contributed by atoms with van der Waals surface area (Å²) in [5.41, 5.74) is 0. The minimum absolute atomic E-state index is 0.180. The summed E-state index contributed by atoms with van der Waals surface area (Å²) in [5.74, 6) is 0.761. The predicted octanol–water partition coefficient (Wildman–Crippen LogP) is 1.98. The molecular weight excluding hydrogens is 202 g/mol. The number of rotatable bonds is 2. The summed E-state index contributed by atoms with van der Waals surface area (Å²) in [7, 11) is 0. The predicted molar refractivity (Wildman–Crippen MR) is 63.1 cm³/mol. The maximum atomic E-state index is 12.1. The largest absolute Gasteiger partial charge is 0.375 e. The van der Waals surface area contributed by atoms with E-state index >= 15 is 0 Å². The van der Waals surface area contributed by atoms with Crippen molar-refractivity contribution in [1.29, 1.82) is 0 Å². The highest BCUT2D eigenvalue weighted by Gasteiger charge is 2.28. The van der Waals surface area contributed by atoms with Gasteiger partial charge >= 0.3 is 0 Å². The molecule has 2 aliphatic rings. The van der Waals surface area contributed by atoms with Crippen LogP contribution in [-0.4, -0.2) is 36.1 Å². The maximum Gasteiger partial charge on any atom is 0.223 e. The van der Waals surface area contributed by atoms with Gasteiger partial charge < -0.3 is 9.64 Å². The number of hydrogen-bond acceptors (Lipinski definition) is 2. The molecule has 0 saturated carbocycles. The monoisotopic (exact) mass is 223 g/mol. The van der Waals surface area contributed by atoms with Crippen LogP contribution < -0.4 is 0 Å². The highest BCUT2D eigenvalue weighted by atomic mass is 16.5. The van der Waals surface area contributed by atoms with Crippen LogP contribution in [0.5, 0.6) is 0 Å². The summed E-state index contributed by atoms with van der Waals surface area (Å²) in [5, 5.41) is 0. The fraction of sp³-hybridized carbons (Fsp3) is 0.769. The van der Waals surface area contributed by atoms with Crippen molar-refractivity contribution < 1.29 is 9.53 Å². The Morgan fingerprint density at radius 2 is 2.31 bits per heavy atom. The van der Waals surface area contributed by atoms with Crippen LogP contribution in [0.1, 0.15) is 33.1 Å². The number of ether oxygens (including phenoxy) is 1. The lowest BCUT2D eigenvalue weighted by atomic mass is 10.0. The number of carbonyl (C=O) groups is 1. The molecule has 90 valence electrons. The number of nitrogens with zero attached hydrogens (tertiary/aromatic N) is 1. The van der Waals surface area contributed by atoms with Gasteiger partial charge in [-0.15, -0.1) is 0 Å². The van der Waals surface area contributed by atoms with Gasteiger partial charge in [-0.05, 0) is 32.6 Å². The third kappa shape index (κ3) is 2.64. The van der Waals surface area contributed by atoms with Crippen molar-refractivity contribution in [3.63, 3.8) is 0 Å². The lowest BCUT2D eigenvalue weighted by molar-refractivity contribution is -0.143. The number of carbonyl (C=O) groups excluding carboxylic acids is 1. The van der Waals surface area contributed by atoms with Gasteiger partial charge in [-0.2, -0.15) is 0 Å². The van der Waals surface area contributed by atoms with Crippen molar-refractivity contribution in [3.05, 3.63) is 12.2 Å². The van der Waals surface area contributed by atoms with Crippen LogP contribution >= 0.6 is 0 Å². The average Bonchev–Trinajstić information content (AvgIpc) is 2.74. The Labute approximate surface area is 97.5 Å². The van der Waals surface area contributed by atoms with Crippen LogP contribution in [0, 0.1) is 5.92 Å².